The van der Waals surface area contributed by atoms with Gasteiger partial charge in [0.25, 0.3) is 5.91 Å². The molecular weight excluding hydrogens is 452 g/mol. The van der Waals surface area contributed by atoms with Crippen LogP contribution in [0.25, 0.3) is 0 Å². The van der Waals surface area contributed by atoms with Crippen molar-refractivity contribution in [2.45, 2.75) is 58.8 Å². The molecule has 0 spiro atoms. The maximum absolute atomic E-state index is 13.6. The Kier molecular flexibility index (Phi) is 7.12. The second-order valence-corrected chi connectivity index (χ2v) is 10.2. The van der Waals surface area contributed by atoms with E-state index in [1.54, 1.807) is 12.0 Å². The van der Waals surface area contributed by atoms with Crippen molar-refractivity contribution in [1.82, 2.24) is 19.6 Å². The Hall–Kier alpha value is -3.16. The van der Waals surface area contributed by atoms with Crippen LogP contribution in [0.4, 0.5) is 0 Å². The van der Waals surface area contributed by atoms with Crippen LogP contribution < -0.4 is 4.74 Å². The second-order valence-electron chi connectivity index (χ2n) is 10.2. The Balaban J connectivity index is 1.44. The van der Waals surface area contributed by atoms with Gasteiger partial charge in [0.2, 0.25) is 0 Å². The highest BCUT2D eigenvalue weighted by molar-refractivity contribution is 5.94. The monoisotopic (exact) mass is 488 g/mol. The van der Waals surface area contributed by atoms with Crippen molar-refractivity contribution < 1.29 is 14.6 Å². The molecule has 0 saturated carbocycles. The Morgan fingerprint density at radius 1 is 1.08 bits per heavy atom. The molecule has 3 aromatic rings. The third-order valence-corrected chi connectivity index (χ3v) is 7.54. The van der Waals surface area contributed by atoms with Crippen molar-refractivity contribution in [2.75, 3.05) is 26.7 Å². The number of ether oxygens (including phenoxy) is 1. The molecule has 2 aliphatic heterocycles. The molecule has 0 radical (unpaired) electrons. The molecule has 0 aliphatic carbocycles. The van der Waals surface area contributed by atoms with Gasteiger partial charge in [0.05, 0.1) is 19.8 Å². The van der Waals surface area contributed by atoms with Crippen LogP contribution in [0.3, 0.4) is 0 Å². The summed E-state index contributed by atoms with van der Waals surface area (Å²) >= 11 is 0. The standard InChI is InChI=1S/C29H36N4O3/c1-20-9-10-23(14-21(20)2)16-31-13-11-27-26(19-31)28(29(35)32-12-5-7-24(34)18-32)30-33(27)17-22-6-4-8-25(15-22)36-3/h4,6,8-10,14-15,24,34H,5,7,11-13,16-19H2,1-3H3. The molecule has 1 unspecified atom stereocenters. The Morgan fingerprint density at radius 2 is 1.92 bits per heavy atom. The van der Waals surface area contributed by atoms with Crippen LogP contribution in [-0.4, -0.2) is 63.4 Å². The first-order valence-electron chi connectivity index (χ1n) is 12.9. The molecular formula is C29H36N4O3. The predicted molar refractivity (Wildman–Crippen MR) is 139 cm³/mol. The van der Waals surface area contributed by atoms with Gasteiger partial charge < -0.3 is 14.7 Å². The minimum Gasteiger partial charge on any atom is -0.497 e. The first-order valence-corrected chi connectivity index (χ1v) is 12.9. The van der Waals surface area contributed by atoms with Gasteiger partial charge in [-0.05, 0) is 61.1 Å². The average molecular weight is 489 g/mol. The highest BCUT2D eigenvalue weighted by Crippen LogP contribution is 2.27. The number of benzene rings is 2. The van der Waals surface area contributed by atoms with E-state index in [2.05, 4.69) is 43.0 Å². The fourth-order valence-electron chi connectivity index (χ4n) is 5.38. The number of aromatic nitrogens is 2. The first-order chi connectivity index (χ1) is 17.4. The van der Waals surface area contributed by atoms with Crippen LogP contribution in [0.1, 0.15) is 56.8 Å². The quantitative estimate of drug-likeness (QED) is 0.573. The summed E-state index contributed by atoms with van der Waals surface area (Å²) in [6.07, 6.45) is 1.94. The number of methoxy groups -OCH3 is 1. The number of carbonyl (C=O) groups excluding carboxylic acids is 1. The Morgan fingerprint density at radius 3 is 2.69 bits per heavy atom. The second kappa shape index (κ2) is 10.4. The van der Waals surface area contributed by atoms with Crippen LogP contribution in [0.5, 0.6) is 5.75 Å². The number of nitrogens with zero attached hydrogens (tertiary/aromatic N) is 4. The topological polar surface area (TPSA) is 70.8 Å². The van der Waals surface area contributed by atoms with Crippen molar-refractivity contribution in [3.63, 3.8) is 0 Å². The lowest BCUT2D eigenvalue weighted by Crippen LogP contribution is -2.43. The number of piperidine rings is 1. The molecule has 3 heterocycles. The molecule has 5 rings (SSSR count). The van der Waals surface area contributed by atoms with Crippen molar-refractivity contribution in [3.8, 4) is 5.75 Å². The molecule has 1 saturated heterocycles. The van der Waals surface area contributed by atoms with Gasteiger partial charge in [-0.15, -0.1) is 0 Å². The number of fused-ring (bicyclic) bond motifs is 1. The fourth-order valence-corrected chi connectivity index (χ4v) is 5.38. The van der Waals surface area contributed by atoms with E-state index in [0.29, 0.717) is 31.9 Å². The molecule has 2 aromatic carbocycles. The van der Waals surface area contributed by atoms with E-state index in [4.69, 9.17) is 9.84 Å². The summed E-state index contributed by atoms with van der Waals surface area (Å²) in [5.41, 5.74) is 7.67. The van der Waals surface area contributed by atoms with Gasteiger partial charge in [-0.25, -0.2) is 0 Å². The van der Waals surface area contributed by atoms with E-state index in [9.17, 15) is 9.90 Å². The highest BCUT2D eigenvalue weighted by atomic mass is 16.5. The third kappa shape index (κ3) is 5.18. The van der Waals surface area contributed by atoms with Gasteiger partial charge >= 0.3 is 0 Å². The zero-order valence-corrected chi connectivity index (χ0v) is 21.5. The summed E-state index contributed by atoms with van der Waals surface area (Å²) in [4.78, 5) is 17.8. The van der Waals surface area contributed by atoms with Crippen LogP contribution in [0.2, 0.25) is 0 Å². The minimum absolute atomic E-state index is 0.0672. The molecule has 2 aliphatic rings. The molecule has 1 amide bonds. The molecule has 7 heteroatoms. The van der Waals surface area contributed by atoms with Crippen molar-refractivity contribution in [1.29, 1.82) is 0 Å². The summed E-state index contributed by atoms with van der Waals surface area (Å²) in [7, 11) is 1.67. The molecule has 0 bridgehead atoms. The summed E-state index contributed by atoms with van der Waals surface area (Å²) in [6.45, 7) is 8.38. The van der Waals surface area contributed by atoms with E-state index in [-0.39, 0.29) is 5.91 Å². The van der Waals surface area contributed by atoms with Crippen molar-refractivity contribution >= 4 is 5.91 Å². The van der Waals surface area contributed by atoms with Crippen LogP contribution in [-0.2, 0) is 26.1 Å². The predicted octanol–water partition coefficient (Wildman–Crippen LogP) is 3.71. The molecule has 1 fully saturated rings. The number of likely N-dealkylation sites (tertiary alicyclic amines) is 1. The number of hydrogen-bond donors (Lipinski definition) is 1. The first kappa shape index (κ1) is 24.5. The third-order valence-electron chi connectivity index (χ3n) is 7.54. The van der Waals surface area contributed by atoms with Crippen LogP contribution >= 0.6 is 0 Å². The SMILES string of the molecule is COc1cccc(Cn2nc(C(=O)N3CCCC(O)C3)c3c2CCN(Cc2ccc(C)c(C)c2)C3)c1. The average Bonchev–Trinajstić information content (AvgIpc) is 3.23. The largest absolute Gasteiger partial charge is 0.497 e. The number of aliphatic hydroxyl groups is 1. The van der Waals surface area contributed by atoms with E-state index in [0.717, 1.165) is 54.9 Å². The van der Waals surface area contributed by atoms with E-state index >= 15 is 0 Å². The lowest BCUT2D eigenvalue weighted by molar-refractivity contribution is 0.0466. The highest BCUT2D eigenvalue weighted by Gasteiger charge is 2.32. The lowest BCUT2D eigenvalue weighted by Gasteiger charge is -2.31. The van der Waals surface area contributed by atoms with Gasteiger partial charge in [-0.2, -0.15) is 5.10 Å². The Labute approximate surface area is 213 Å². The summed E-state index contributed by atoms with van der Waals surface area (Å²) in [6, 6.07) is 14.6. The van der Waals surface area contributed by atoms with E-state index in [1.165, 1.54) is 16.7 Å². The zero-order chi connectivity index (χ0) is 25.2. The number of rotatable bonds is 6. The van der Waals surface area contributed by atoms with Gasteiger partial charge in [0.15, 0.2) is 5.69 Å². The number of hydrogen-bond acceptors (Lipinski definition) is 5. The Bertz CT molecular complexity index is 1250. The molecule has 7 nitrogen and oxygen atoms in total. The lowest BCUT2D eigenvalue weighted by atomic mass is 10.0. The van der Waals surface area contributed by atoms with Crippen molar-refractivity contribution in [3.05, 3.63) is 81.7 Å². The molecule has 1 atom stereocenters. The van der Waals surface area contributed by atoms with Crippen LogP contribution in [0, 0.1) is 13.8 Å². The van der Waals surface area contributed by atoms with Gasteiger partial charge in [-0.3, -0.25) is 14.4 Å². The fraction of sp³-hybridized carbons (Fsp3) is 0.448. The minimum atomic E-state index is -0.460. The van der Waals surface area contributed by atoms with Crippen molar-refractivity contribution in [2.24, 2.45) is 0 Å². The van der Waals surface area contributed by atoms with Gasteiger partial charge in [0, 0.05) is 50.4 Å². The molecule has 36 heavy (non-hydrogen) atoms. The smallest absolute Gasteiger partial charge is 0.274 e. The summed E-state index contributed by atoms with van der Waals surface area (Å²) in [5, 5.41) is 15.1. The summed E-state index contributed by atoms with van der Waals surface area (Å²) in [5.74, 6) is 0.745. The number of carbonyl (C=O) groups is 1. The normalized spacial score (nSPS) is 18.2. The maximum atomic E-state index is 13.6. The molecule has 190 valence electrons. The molecule has 1 aromatic heterocycles. The van der Waals surface area contributed by atoms with Gasteiger partial charge in [-0.1, -0.05) is 30.3 Å². The van der Waals surface area contributed by atoms with E-state index in [1.807, 2.05) is 22.9 Å². The maximum Gasteiger partial charge on any atom is 0.274 e. The zero-order valence-electron chi connectivity index (χ0n) is 21.5. The van der Waals surface area contributed by atoms with Crippen LogP contribution in [0.15, 0.2) is 42.5 Å². The summed E-state index contributed by atoms with van der Waals surface area (Å²) < 4.78 is 7.41. The number of amides is 1. The van der Waals surface area contributed by atoms with E-state index < -0.39 is 6.10 Å². The number of aliphatic hydroxyl groups excluding tert-OH is 1. The molecule has 1 N–H and O–H groups in total. The van der Waals surface area contributed by atoms with Gasteiger partial charge in [0.1, 0.15) is 5.75 Å². The number of aryl methyl sites for hydroxylation is 2. The number of β-amino-alcohol motifs (C(OH)–C–C–N with tert-alkyl or cyclic N) is 1.